The van der Waals surface area contributed by atoms with Crippen molar-refractivity contribution in [2.75, 3.05) is 12.3 Å². The van der Waals surface area contributed by atoms with Crippen LogP contribution < -0.4 is 16.2 Å². The van der Waals surface area contributed by atoms with Gasteiger partial charge in [-0.05, 0) is 34.1 Å². The highest BCUT2D eigenvalue weighted by atomic mass is 79.9. The lowest BCUT2D eigenvalue weighted by Gasteiger charge is -2.05. The van der Waals surface area contributed by atoms with Crippen LogP contribution in [0.5, 0.6) is 5.75 Å². The fourth-order valence-electron chi connectivity index (χ4n) is 0.783. The van der Waals surface area contributed by atoms with Crippen molar-refractivity contribution >= 4 is 27.5 Å². The topological polar surface area (TPSA) is 78.3 Å². The average Bonchev–Trinajstić information content (AvgIpc) is 2.02. The molecule has 0 saturated heterocycles. The molecule has 4 N–H and O–H groups in total. The number of ether oxygens (including phenoxy) is 1. The number of anilines is 1. The molecule has 70 valence electrons. The summed E-state index contributed by atoms with van der Waals surface area (Å²) in [4.78, 5) is 10.4. The van der Waals surface area contributed by atoms with Gasteiger partial charge in [0.15, 0.2) is 6.61 Å². The van der Waals surface area contributed by atoms with Crippen LogP contribution in [0.15, 0.2) is 22.7 Å². The molecule has 1 amide bonds. The van der Waals surface area contributed by atoms with Crippen LogP contribution in [-0.4, -0.2) is 12.5 Å². The third-order valence-corrected chi connectivity index (χ3v) is 1.95. The molecule has 0 unspecified atom stereocenters. The van der Waals surface area contributed by atoms with Gasteiger partial charge in [-0.15, -0.1) is 0 Å². The largest absolute Gasteiger partial charge is 0.483 e. The molecule has 1 rings (SSSR count). The first-order chi connectivity index (χ1) is 6.09. The standard InChI is InChI=1S/C8H9BrN2O2/c9-6-3-5(10)1-2-7(6)13-4-8(11)12/h1-3H,4,10H2,(H2,11,12). The molecule has 0 radical (unpaired) electrons. The number of rotatable bonds is 3. The molecule has 0 aliphatic carbocycles. The van der Waals surface area contributed by atoms with Crippen molar-refractivity contribution in [1.82, 2.24) is 0 Å². The van der Waals surface area contributed by atoms with Gasteiger partial charge in [-0.3, -0.25) is 4.79 Å². The van der Waals surface area contributed by atoms with E-state index in [0.717, 1.165) is 0 Å². The summed E-state index contributed by atoms with van der Waals surface area (Å²) < 4.78 is 5.78. The minimum atomic E-state index is -0.510. The van der Waals surface area contributed by atoms with Gasteiger partial charge in [-0.1, -0.05) is 0 Å². The highest BCUT2D eigenvalue weighted by Crippen LogP contribution is 2.26. The molecule has 0 atom stereocenters. The number of hydrogen-bond donors (Lipinski definition) is 2. The van der Waals surface area contributed by atoms with Crippen molar-refractivity contribution in [2.45, 2.75) is 0 Å². The Balaban J connectivity index is 2.72. The van der Waals surface area contributed by atoms with Crippen LogP contribution in [0.2, 0.25) is 0 Å². The highest BCUT2D eigenvalue weighted by molar-refractivity contribution is 9.10. The molecule has 4 nitrogen and oxygen atoms in total. The van der Waals surface area contributed by atoms with E-state index < -0.39 is 5.91 Å². The van der Waals surface area contributed by atoms with Crippen LogP contribution in [0.25, 0.3) is 0 Å². The molecular formula is C8H9BrN2O2. The zero-order valence-electron chi connectivity index (χ0n) is 6.79. The second-order valence-electron chi connectivity index (χ2n) is 2.44. The molecule has 5 heteroatoms. The first-order valence-corrected chi connectivity index (χ1v) is 4.35. The number of nitrogen functional groups attached to an aromatic ring is 1. The lowest BCUT2D eigenvalue weighted by molar-refractivity contribution is -0.119. The molecule has 0 aliphatic heterocycles. The van der Waals surface area contributed by atoms with Gasteiger partial charge in [0.1, 0.15) is 5.75 Å². The fraction of sp³-hybridized carbons (Fsp3) is 0.125. The highest BCUT2D eigenvalue weighted by Gasteiger charge is 2.02. The third-order valence-electron chi connectivity index (χ3n) is 1.33. The molecule has 1 aromatic rings. The third kappa shape index (κ3) is 2.95. The Hall–Kier alpha value is -1.23. The maximum Gasteiger partial charge on any atom is 0.255 e. The SMILES string of the molecule is NC(=O)COc1ccc(N)cc1Br. The number of hydrogen-bond acceptors (Lipinski definition) is 3. The minimum absolute atomic E-state index is 0.136. The van der Waals surface area contributed by atoms with Crippen LogP contribution in [0.4, 0.5) is 5.69 Å². The quantitative estimate of drug-likeness (QED) is 0.776. The number of halogens is 1. The summed E-state index contributed by atoms with van der Waals surface area (Å²) in [5.74, 6) is 0.0386. The fourth-order valence-corrected chi connectivity index (χ4v) is 1.29. The normalized spacial score (nSPS) is 9.62. The second kappa shape index (κ2) is 4.13. The smallest absolute Gasteiger partial charge is 0.255 e. The summed E-state index contributed by atoms with van der Waals surface area (Å²) in [6.07, 6.45) is 0. The zero-order valence-corrected chi connectivity index (χ0v) is 8.37. The Kier molecular flexibility index (Phi) is 3.13. The predicted molar refractivity (Wildman–Crippen MR) is 53.2 cm³/mol. The number of benzene rings is 1. The van der Waals surface area contributed by atoms with E-state index in [4.69, 9.17) is 16.2 Å². The molecule has 13 heavy (non-hydrogen) atoms. The van der Waals surface area contributed by atoms with Crippen LogP contribution >= 0.6 is 15.9 Å². The second-order valence-corrected chi connectivity index (χ2v) is 3.30. The van der Waals surface area contributed by atoms with Gasteiger partial charge >= 0.3 is 0 Å². The zero-order chi connectivity index (χ0) is 9.84. The molecule has 0 aliphatic rings. The maximum atomic E-state index is 10.4. The number of carbonyl (C=O) groups is 1. The van der Waals surface area contributed by atoms with Gasteiger partial charge in [0.25, 0.3) is 5.91 Å². The lowest BCUT2D eigenvalue weighted by atomic mass is 10.3. The Morgan fingerprint density at radius 1 is 1.54 bits per heavy atom. The Morgan fingerprint density at radius 2 is 2.23 bits per heavy atom. The predicted octanol–water partition coefficient (Wildman–Crippen LogP) is 0.895. The first kappa shape index (κ1) is 9.85. The van der Waals surface area contributed by atoms with Gasteiger partial charge in [0.05, 0.1) is 4.47 Å². The summed E-state index contributed by atoms with van der Waals surface area (Å²) in [5.41, 5.74) is 11.0. The van der Waals surface area contributed by atoms with Gasteiger partial charge in [-0.25, -0.2) is 0 Å². The number of nitrogens with two attached hydrogens (primary N) is 2. The minimum Gasteiger partial charge on any atom is -0.483 e. The molecule has 0 bridgehead atoms. The van der Waals surface area contributed by atoms with E-state index in [1.165, 1.54) is 0 Å². The van der Waals surface area contributed by atoms with Gasteiger partial charge in [0.2, 0.25) is 0 Å². The Morgan fingerprint density at radius 3 is 2.77 bits per heavy atom. The van der Waals surface area contributed by atoms with E-state index in [2.05, 4.69) is 15.9 Å². The van der Waals surface area contributed by atoms with Crippen LogP contribution in [0, 0.1) is 0 Å². The summed E-state index contributed by atoms with van der Waals surface area (Å²) in [6.45, 7) is -0.136. The average molecular weight is 245 g/mol. The lowest BCUT2D eigenvalue weighted by Crippen LogP contribution is -2.20. The molecule has 0 aromatic heterocycles. The molecule has 0 spiro atoms. The molecule has 0 fully saturated rings. The van der Waals surface area contributed by atoms with E-state index in [1.54, 1.807) is 18.2 Å². The van der Waals surface area contributed by atoms with Gasteiger partial charge in [-0.2, -0.15) is 0 Å². The van der Waals surface area contributed by atoms with Crippen molar-refractivity contribution in [2.24, 2.45) is 5.73 Å². The van der Waals surface area contributed by atoms with Crippen molar-refractivity contribution in [3.8, 4) is 5.75 Å². The van der Waals surface area contributed by atoms with Crippen LogP contribution in [0.3, 0.4) is 0 Å². The number of amides is 1. The van der Waals surface area contributed by atoms with E-state index >= 15 is 0 Å². The van der Waals surface area contributed by atoms with E-state index in [1.807, 2.05) is 0 Å². The molecule has 1 aromatic carbocycles. The Labute approximate surface area is 84.0 Å². The summed E-state index contributed by atoms with van der Waals surface area (Å²) >= 11 is 3.24. The summed E-state index contributed by atoms with van der Waals surface area (Å²) in [6, 6.07) is 5.04. The molecular weight excluding hydrogens is 236 g/mol. The van der Waals surface area contributed by atoms with Crippen LogP contribution in [-0.2, 0) is 4.79 Å². The monoisotopic (exact) mass is 244 g/mol. The molecule has 0 saturated carbocycles. The van der Waals surface area contributed by atoms with E-state index in [9.17, 15) is 4.79 Å². The van der Waals surface area contributed by atoms with Gasteiger partial charge < -0.3 is 16.2 Å². The number of primary amides is 1. The molecule has 0 heterocycles. The van der Waals surface area contributed by atoms with Gasteiger partial charge in [0, 0.05) is 5.69 Å². The van der Waals surface area contributed by atoms with E-state index in [-0.39, 0.29) is 6.61 Å². The maximum absolute atomic E-state index is 10.4. The number of carbonyl (C=O) groups excluding carboxylic acids is 1. The Bertz CT molecular complexity index is 328. The summed E-state index contributed by atoms with van der Waals surface area (Å²) in [7, 11) is 0. The van der Waals surface area contributed by atoms with E-state index in [0.29, 0.717) is 15.9 Å². The van der Waals surface area contributed by atoms with Crippen LogP contribution in [0.1, 0.15) is 0 Å². The first-order valence-electron chi connectivity index (χ1n) is 3.55. The van der Waals surface area contributed by atoms with Crippen molar-refractivity contribution in [1.29, 1.82) is 0 Å². The van der Waals surface area contributed by atoms with Crippen molar-refractivity contribution < 1.29 is 9.53 Å². The van der Waals surface area contributed by atoms with Crippen molar-refractivity contribution in [3.63, 3.8) is 0 Å². The van der Waals surface area contributed by atoms with Crippen molar-refractivity contribution in [3.05, 3.63) is 22.7 Å². The summed E-state index contributed by atoms with van der Waals surface area (Å²) in [5, 5.41) is 0.